The van der Waals surface area contributed by atoms with E-state index in [4.69, 9.17) is 5.11 Å². The lowest BCUT2D eigenvalue weighted by atomic mass is 10.1. The summed E-state index contributed by atoms with van der Waals surface area (Å²) in [7, 11) is 0. The lowest BCUT2D eigenvalue weighted by Gasteiger charge is -2.10. The predicted octanol–water partition coefficient (Wildman–Crippen LogP) is 2.01. The third-order valence-electron chi connectivity index (χ3n) is 3.17. The minimum absolute atomic E-state index is 0.0406. The van der Waals surface area contributed by atoms with Crippen LogP contribution in [0.3, 0.4) is 0 Å². The molecule has 92 valence electrons. The number of amides is 1. The van der Waals surface area contributed by atoms with Crippen LogP contribution in [0, 0.1) is 18.8 Å². The van der Waals surface area contributed by atoms with Gasteiger partial charge in [-0.3, -0.25) is 4.79 Å². The van der Waals surface area contributed by atoms with Crippen molar-refractivity contribution in [3.63, 3.8) is 0 Å². The molecule has 5 heteroatoms. The summed E-state index contributed by atoms with van der Waals surface area (Å²) in [5.41, 5.74) is 1.11. The highest BCUT2D eigenvalue weighted by molar-refractivity contribution is 6.00. The minimum atomic E-state index is -1.06. The summed E-state index contributed by atoms with van der Waals surface area (Å²) in [5.74, 6) is -0.753. The molecule has 1 saturated carbocycles. The van der Waals surface area contributed by atoms with Gasteiger partial charge in [0.1, 0.15) is 5.69 Å². The third-order valence-corrected chi connectivity index (χ3v) is 3.17. The maximum Gasteiger partial charge on any atom is 0.354 e. The van der Waals surface area contributed by atoms with Gasteiger partial charge in [-0.15, -0.1) is 0 Å². The van der Waals surface area contributed by atoms with Crippen LogP contribution in [0.4, 0.5) is 5.69 Å². The van der Waals surface area contributed by atoms with E-state index in [0.29, 0.717) is 11.6 Å². The molecule has 0 aliphatic heterocycles. The van der Waals surface area contributed by atoms with E-state index in [9.17, 15) is 9.59 Å². The molecule has 1 aliphatic carbocycles. The smallest absolute Gasteiger partial charge is 0.354 e. The first kappa shape index (κ1) is 11.7. The fourth-order valence-electron chi connectivity index (χ4n) is 1.91. The molecule has 1 unspecified atom stereocenters. The second kappa shape index (κ2) is 4.24. The first-order chi connectivity index (χ1) is 7.99. The van der Waals surface area contributed by atoms with Crippen LogP contribution < -0.4 is 5.32 Å². The maximum absolute atomic E-state index is 11.9. The summed E-state index contributed by atoms with van der Waals surface area (Å²) in [6.45, 7) is 3.64. The van der Waals surface area contributed by atoms with E-state index in [1.165, 1.54) is 0 Å². The van der Waals surface area contributed by atoms with Gasteiger partial charge >= 0.3 is 5.97 Å². The number of rotatable bonds is 4. The summed E-state index contributed by atoms with van der Waals surface area (Å²) in [4.78, 5) is 25.5. The average molecular weight is 236 g/mol. The van der Waals surface area contributed by atoms with Crippen molar-refractivity contribution in [1.29, 1.82) is 0 Å². The number of H-pyrrole nitrogens is 1. The van der Waals surface area contributed by atoms with Crippen LogP contribution in [0.1, 0.15) is 35.9 Å². The predicted molar refractivity (Wildman–Crippen MR) is 63.0 cm³/mol. The van der Waals surface area contributed by atoms with Crippen LogP contribution in [0.15, 0.2) is 6.07 Å². The van der Waals surface area contributed by atoms with Crippen molar-refractivity contribution in [1.82, 2.24) is 4.98 Å². The van der Waals surface area contributed by atoms with Gasteiger partial charge in [0.05, 0.1) is 5.69 Å². The largest absolute Gasteiger partial charge is 0.477 e. The van der Waals surface area contributed by atoms with Crippen molar-refractivity contribution in [2.75, 3.05) is 5.32 Å². The Balaban J connectivity index is 2.11. The van der Waals surface area contributed by atoms with Crippen molar-refractivity contribution < 1.29 is 14.7 Å². The average Bonchev–Trinajstić information content (AvgIpc) is 3.02. The van der Waals surface area contributed by atoms with Crippen LogP contribution in [0.25, 0.3) is 0 Å². The number of carboxylic acid groups (broad SMARTS) is 1. The second-order valence-electron chi connectivity index (χ2n) is 4.66. The molecule has 1 aliphatic rings. The van der Waals surface area contributed by atoms with Crippen molar-refractivity contribution in [2.24, 2.45) is 11.8 Å². The van der Waals surface area contributed by atoms with Gasteiger partial charge in [0.15, 0.2) is 0 Å². The van der Waals surface area contributed by atoms with Crippen molar-refractivity contribution in [2.45, 2.75) is 26.7 Å². The molecular formula is C12H16N2O3. The zero-order chi connectivity index (χ0) is 12.6. The molecule has 0 aromatic carbocycles. The topological polar surface area (TPSA) is 82.2 Å². The van der Waals surface area contributed by atoms with Crippen molar-refractivity contribution in [3.8, 4) is 0 Å². The standard InChI is InChI=1S/C12H16N2O3/c1-6-5-9(10(13-6)12(16)17)14-11(15)7(2)8-3-4-8/h5,7-8,13H,3-4H2,1-2H3,(H,14,15)(H,16,17). The van der Waals surface area contributed by atoms with E-state index in [-0.39, 0.29) is 17.5 Å². The molecule has 17 heavy (non-hydrogen) atoms. The monoisotopic (exact) mass is 236 g/mol. The van der Waals surface area contributed by atoms with Crippen LogP contribution in [0.5, 0.6) is 0 Å². The molecule has 1 heterocycles. The molecule has 1 fully saturated rings. The number of hydrogen-bond acceptors (Lipinski definition) is 2. The van der Waals surface area contributed by atoms with Gasteiger partial charge in [-0.05, 0) is 31.7 Å². The fourth-order valence-corrected chi connectivity index (χ4v) is 1.91. The fraction of sp³-hybridized carbons (Fsp3) is 0.500. The van der Waals surface area contributed by atoms with Crippen LogP contribution >= 0.6 is 0 Å². The molecular weight excluding hydrogens is 220 g/mol. The SMILES string of the molecule is Cc1cc(NC(=O)C(C)C2CC2)c(C(=O)O)[nH]1. The zero-order valence-electron chi connectivity index (χ0n) is 9.91. The summed E-state index contributed by atoms with van der Waals surface area (Å²) in [5, 5.41) is 11.7. The molecule has 0 saturated heterocycles. The van der Waals surface area contributed by atoms with E-state index in [1.807, 2.05) is 6.92 Å². The van der Waals surface area contributed by atoms with Gasteiger partial charge < -0.3 is 15.4 Å². The summed E-state index contributed by atoms with van der Waals surface area (Å²) in [6, 6.07) is 1.64. The highest BCUT2D eigenvalue weighted by atomic mass is 16.4. The zero-order valence-corrected chi connectivity index (χ0v) is 9.91. The molecule has 0 radical (unpaired) electrons. The normalized spacial score (nSPS) is 16.6. The molecule has 2 rings (SSSR count). The number of hydrogen-bond donors (Lipinski definition) is 3. The molecule has 1 aromatic rings. The number of carbonyl (C=O) groups excluding carboxylic acids is 1. The van der Waals surface area contributed by atoms with Crippen molar-refractivity contribution in [3.05, 3.63) is 17.5 Å². The first-order valence-corrected chi connectivity index (χ1v) is 5.73. The summed E-state index contributed by atoms with van der Waals surface area (Å²) < 4.78 is 0. The maximum atomic E-state index is 11.9. The Hall–Kier alpha value is -1.78. The molecule has 1 aromatic heterocycles. The molecule has 1 amide bonds. The number of aromatic amines is 1. The number of aromatic nitrogens is 1. The number of nitrogens with one attached hydrogen (secondary N) is 2. The molecule has 5 nitrogen and oxygen atoms in total. The van der Waals surface area contributed by atoms with E-state index in [1.54, 1.807) is 13.0 Å². The van der Waals surface area contributed by atoms with E-state index < -0.39 is 5.97 Å². The van der Waals surface area contributed by atoms with Crippen molar-refractivity contribution >= 4 is 17.6 Å². The van der Waals surface area contributed by atoms with Gasteiger partial charge in [0.25, 0.3) is 0 Å². The molecule has 0 bridgehead atoms. The van der Waals surface area contributed by atoms with Gasteiger partial charge in [-0.2, -0.15) is 0 Å². The Morgan fingerprint density at radius 1 is 1.53 bits per heavy atom. The lowest BCUT2D eigenvalue weighted by Crippen LogP contribution is -2.22. The highest BCUT2D eigenvalue weighted by Crippen LogP contribution is 2.37. The number of carbonyl (C=O) groups is 2. The minimum Gasteiger partial charge on any atom is -0.477 e. The van der Waals surface area contributed by atoms with Crippen LogP contribution in [0.2, 0.25) is 0 Å². The number of carboxylic acids is 1. The third kappa shape index (κ3) is 2.49. The van der Waals surface area contributed by atoms with Crippen LogP contribution in [-0.4, -0.2) is 22.0 Å². The number of aryl methyl sites for hydroxylation is 1. The highest BCUT2D eigenvalue weighted by Gasteiger charge is 2.33. The Morgan fingerprint density at radius 2 is 2.18 bits per heavy atom. The quantitative estimate of drug-likeness (QED) is 0.747. The number of anilines is 1. The Bertz CT molecular complexity index is 460. The Morgan fingerprint density at radius 3 is 2.71 bits per heavy atom. The van der Waals surface area contributed by atoms with E-state index in [2.05, 4.69) is 10.3 Å². The van der Waals surface area contributed by atoms with Crippen LogP contribution in [-0.2, 0) is 4.79 Å². The Kier molecular flexibility index (Phi) is 2.92. The Labute approximate surface area is 99.2 Å². The second-order valence-corrected chi connectivity index (χ2v) is 4.66. The lowest BCUT2D eigenvalue weighted by molar-refractivity contribution is -0.119. The molecule has 3 N–H and O–H groups in total. The van der Waals surface area contributed by atoms with Gasteiger partial charge in [-0.25, -0.2) is 4.79 Å². The van der Waals surface area contributed by atoms with E-state index >= 15 is 0 Å². The summed E-state index contributed by atoms with van der Waals surface area (Å²) >= 11 is 0. The number of aromatic carboxylic acids is 1. The van der Waals surface area contributed by atoms with E-state index in [0.717, 1.165) is 18.5 Å². The van der Waals surface area contributed by atoms with Gasteiger partial charge in [-0.1, -0.05) is 6.92 Å². The van der Waals surface area contributed by atoms with Gasteiger partial charge in [0, 0.05) is 11.6 Å². The first-order valence-electron chi connectivity index (χ1n) is 5.73. The van der Waals surface area contributed by atoms with Gasteiger partial charge in [0.2, 0.25) is 5.91 Å². The summed E-state index contributed by atoms with van der Waals surface area (Å²) in [6.07, 6.45) is 2.18. The molecule has 1 atom stereocenters. The molecule has 0 spiro atoms.